The first-order valence-corrected chi connectivity index (χ1v) is 7.94. The van der Waals surface area contributed by atoms with Gasteiger partial charge in [0.1, 0.15) is 18.2 Å². The van der Waals surface area contributed by atoms with Gasteiger partial charge in [-0.25, -0.2) is 9.97 Å². The van der Waals surface area contributed by atoms with Crippen LogP contribution >= 0.6 is 0 Å². The zero-order valence-corrected chi connectivity index (χ0v) is 13.6. The summed E-state index contributed by atoms with van der Waals surface area (Å²) in [6.07, 6.45) is 6.25. The van der Waals surface area contributed by atoms with Crippen molar-refractivity contribution in [3.05, 3.63) is 59.7 Å². The summed E-state index contributed by atoms with van der Waals surface area (Å²) >= 11 is 0. The van der Waals surface area contributed by atoms with E-state index in [1.54, 1.807) is 12.5 Å². The van der Waals surface area contributed by atoms with Gasteiger partial charge >= 0.3 is 0 Å². The standard InChI is InChI=1S/C19H14N6/c1-13-14(5-4-8-20)19(24-10-9-22-12-24)25-17-7-3-2-6-16(17)23-18(25)15(13)11-21/h2-3,6-7,9-10,12H,4-5H2,1H3. The van der Waals surface area contributed by atoms with E-state index in [4.69, 9.17) is 5.26 Å². The van der Waals surface area contributed by atoms with E-state index < -0.39 is 0 Å². The maximum absolute atomic E-state index is 9.73. The van der Waals surface area contributed by atoms with Crippen molar-refractivity contribution >= 4 is 16.7 Å². The molecule has 0 fully saturated rings. The number of para-hydroxylation sites is 2. The number of rotatable bonds is 3. The maximum atomic E-state index is 9.73. The molecule has 25 heavy (non-hydrogen) atoms. The lowest BCUT2D eigenvalue weighted by Gasteiger charge is -2.17. The Hall–Kier alpha value is -3.64. The van der Waals surface area contributed by atoms with Gasteiger partial charge in [-0.05, 0) is 36.6 Å². The molecule has 4 aromatic rings. The van der Waals surface area contributed by atoms with Crippen molar-refractivity contribution in [2.45, 2.75) is 19.8 Å². The van der Waals surface area contributed by atoms with Crippen LogP contribution < -0.4 is 0 Å². The molecule has 0 aliphatic heterocycles. The van der Waals surface area contributed by atoms with Gasteiger partial charge in [0.2, 0.25) is 0 Å². The Bertz CT molecular complexity index is 1170. The number of nitriles is 2. The van der Waals surface area contributed by atoms with E-state index >= 15 is 0 Å². The quantitative estimate of drug-likeness (QED) is 0.578. The molecule has 0 N–H and O–H groups in total. The first-order valence-electron chi connectivity index (χ1n) is 7.94. The predicted octanol–water partition coefficient (Wildman–Crippen LogP) is 3.31. The van der Waals surface area contributed by atoms with Crippen molar-refractivity contribution in [2.24, 2.45) is 0 Å². The zero-order valence-electron chi connectivity index (χ0n) is 13.6. The summed E-state index contributed by atoms with van der Waals surface area (Å²) < 4.78 is 3.91. The van der Waals surface area contributed by atoms with Crippen molar-refractivity contribution in [3.8, 4) is 18.0 Å². The Morgan fingerprint density at radius 2 is 2.04 bits per heavy atom. The van der Waals surface area contributed by atoms with Gasteiger partial charge in [-0.2, -0.15) is 10.5 Å². The molecular formula is C19H14N6. The van der Waals surface area contributed by atoms with Gasteiger partial charge in [0, 0.05) is 18.8 Å². The summed E-state index contributed by atoms with van der Waals surface area (Å²) in [6.45, 7) is 1.92. The molecule has 0 aliphatic rings. The first-order chi connectivity index (χ1) is 12.3. The van der Waals surface area contributed by atoms with Gasteiger partial charge in [0.05, 0.1) is 22.7 Å². The van der Waals surface area contributed by atoms with Crippen LogP contribution in [0.1, 0.15) is 23.1 Å². The Morgan fingerprint density at radius 3 is 2.76 bits per heavy atom. The Morgan fingerprint density at radius 1 is 1.20 bits per heavy atom. The summed E-state index contributed by atoms with van der Waals surface area (Å²) in [5.41, 5.74) is 4.77. The molecule has 0 amide bonds. The average Bonchev–Trinajstić information content (AvgIpc) is 3.27. The van der Waals surface area contributed by atoms with Crippen LogP contribution in [0.2, 0.25) is 0 Å². The fourth-order valence-electron chi connectivity index (χ4n) is 3.30. The second-order valence-corrected chi connectivity index (χ2v) is 5.80. The van der Waals surface area contributed by atoms with E-state index in [1.165, 1.54) is 0 Å². The highest BCUT2D eigenvalue weighted by Crippen LogP contribution is 2.30. The molecule has 0 saturated heterocycles. The van der Waals surface area contributed by atoms with Crippen molar-refractivity contribution in [2.75, 3.05) is 0 Å². The molecule has 1 aromatic carbocycles. The van der Waals surface area contributed by atoms with Crippen LogP contribution in [0.5, 0.6) is 0 Å². The van der Waals surface area contributed by atoms with Crippen molar-refractivity contribution in [1.82, 2.24) is 18.9 Å². The third-order valence-electron chi connectivity index (χ3n) is 4.44. The van der Waals surface area contributed by atoms with E-state index in [-0.39, 0.29) is 0 Å². The smallest absolute Gasteiger partial charge is 0.157 e. The largest absolute Gasteiger partial charge is 0.291 e. The Balaban J connectivity index is 2.24. The van der Waals surface area contributed by atoms with E-state index in [0.29, 0.717) is 24.1 Å². The summed E-state index contributed by atoms with van der Waals surface area (Å²) in [6, 6.07) is 12.3. The predicted molar refractivity (Wildman–Crippen MR) is 93.2 cm³/mol. The molecule has 0 saturated carbocycles. The van der Waals surface area contributed by atoms with Crippen molar-refractivity contribution < 1.29 is 0 Å². The van der Waals surface area contributed by atoms with Crippen LogP contribution in [0.25, 0.3) is 22.5 Å². The molecule has 0 spiro atoms. The van der Waals surface area contributed by atoms with Gasteiger partial charge in [-0.1, -0.05) is 12.1 Å². The minimum atomic E-state index is 0.380. The van der Waals surface area contributed by atoms with E-state index in [2.05, 4.69) is 22.1 Å². The normalized spacial score (nSPS) is 10.8. The third-order valence-corrected chi connectivity index (χ3v) is 4.44. The average molecular weight is 326 g/mol. The number of imidazole rings is 2. The molecule has 0 atom stereocenters. The maximum Gasteiger partial charge on any atom is 0.157 e. The number of aromatic nitrogens is 4. The van der Waals surface area contributed by atoms with Crippen LogP contribution in [-0.4, -0.2) is 18.9 Å². The topological polar surface area (TPSA) is 82.7 Å². The Kier molecular flexibility index (Phi) is 3.45. The zero-order chi connectivity index (χ0) is 17.4. The summed E-state index contributed by atoms with van der Waals surface area (Å²) in [4.78, 5) is 8.84. The van der Waals surface area contributed by atoms with Gasteiger partial charge < -0.3 is 0 Å². The van der Waals surface area contributed by atoms with Crippen LogP contribution in [0.4, 0.5) is 0 Å². The molecule has 0 bridgehead atoms. The monoisotopic (exact) mass is 326 g/mol. The number of benzene rings is 1. The highest BCUT2D eigenvalue weighted by Gasteiger charge is 2.21. The van der Waals surface area contributed by atoms with Crippen LogP contribution in [-0.2, 0) is 6.42 Å². The van der Waals surface area contributed by atoms with Crippen LogP contribution in [0.3, 0.4) is 0 Å². The Labute approximate surface area is 144 Å². The number of nitrogens with zero attached hydrogens (tertiary/aromatic N) is 6. The number of fused-ring (bicyclic) bond motifs is 3. The van der Waals surface area contributed by atoms with Gasteiger partial charge in [0.25, 0.3) is 0 Å². The molecule has 6 nitrogen and oxygen atoms in total. The van der Waals surface area contributed by atoms with Gasteiger partial charge in [-0.3, -0.25) is 8.97 Å². The van der Waals surface area contributed by atoms with Gasteiger partial charge in [0.15, 0.2) is 5.65 Å². The molecule has 3 heterocycles. The van der Waals surface area contributed by atoms with Gasteiger partial charge in [-0.15, -0.1) is 0 Å². The highest BCUT2D eigenvalue weighted by molar-refractivity contribution is 5.85. The lowest BCUT2D eigenvalue weighted by atomic mass is 10.0. The fourth-order valence-corrected chi connectivity index (χ4v) is 3.30. The summed E-state index contributed by atoms with van der Waals surface area (Å²) in [7, 11) is 0. The van der Waals surface area contributed by atoms with E-state index in [0.717, 1.165) is 28.0 Å². The van der Waals surface area contributed by atoms with Crippen LogP contribution in [0, 0.1) is 29.6 Å². The highest BCUT2D eigenvalue weighted by atomic mass is 15.2. The number of pyridine rings is 1. The minimum absolute atomic E-state index is 0.380. The molecular weight excluding hydrogens is 312 g/mol. The molecule has 120 valence electrons. The SMILES string of the molecule is Cc1c(CCC#N)c(-n2ccnc2)n2c(nc3ccccc32)c1C#N. The lowest BCUT2D eigenvalue weighted by molar-refractivity contribution is 0.891. The fraction of sp³-hybridized carbons (Fsp3) is 0.158. The lowest BCUT2D eigenvalue weighted by Crippen LogP contribution is -2.10. The minimum Gasteiger partial charge on any atom is -0.291 e. The molecule has 0 radical (unpaired) electrons. The second kappa shape index (κ2) is 5.77. The van der Waals surface area contributed by atoms with Crippen molar-refractivity contribution in [3.63, 3.8) is 0 Å². The molecule has 0 aliphatic carbocycles. The first kappa shape index (κ1) is 14.9. The number of hydrogen-bond acceptors (Lipinski definition) is 4. The molecule has 4 rings (SSSR count). The van der Waals surface area contributed by atoms with E-state index in [9.17, 15) is 5.26 Å². The van der Waals surface area contributed by atoms with Crippen molar-refractivity contribution in [1.29, 1.82) is 10.5 Å². The molecule has 0 unspecified atom stereocenters. The van der Waals surface area contributed by atoms with E-state index in [1.807, 2.05) is 46.4 Å². The summed E-state index contributed by atoms with van der Waals surface area (Å²) in [5.74, 6) is 0.882. The molecule has 6 heteroatoms. The molecule has 3 aromatic heterocycles. The summed E-state index contributed by atoms with van der Waals surface area (Å²) in [5, 5.41) is 18.8. The van der Waals surface area contributed by atoms with Crippen LogP contribution in [0.15, 0.2) is 43.0 Å². The second-order valence-electron chi connectivity index (χ2n) is 5.80. The third kappa shape index (κ3) is 2.16. The number of hydrogen-bond donors (Lipinski definition) is 0.